The summed E-state index contributed by atoms with van der Waals surface area (Å²) in [5.74, 6) is -0.592. The van der Waals surface area contributed by atoms with Crippen LogP contribution in [0, 0.1) is 0 Å². The fourth-order valence-corrected chi connectivity index (χ4v) is 3.07. The molecule has 1 saturated heterocycles. The van der Waals surface area contributed by atoms with Crippen molar-refractivity contribution in [1.29, 1.82) is 0 Å². The largest absolute Gasteiger partial charge is 0.452 e. The zero-order valence-corrected chi connectivity index (χ0v) is 13.5. The van der Waals surface area contributed by atoms with Gasteiger partial charge in [0.2, 0.25) is 0 Å². The number of hydrogen-bond donors (Lipinski definition) is 1. The normalized spacial score (nSPS) is 21.3. The van der Waals surface area contributed by atoms with E-state index >= 15 is 0 Å². The van der Waals surface area contributed by atoms with E-state index in [2.05, 4.69) is 5.32 Å². The number of piperidine rings is 1. The number of ether oxygens (including phenoxy) is 1. The van der Waals surface area contributed by atoms with E-state index in [9.17, 15) is 9.59 Å². The number of nitrogens with one attached hydrogen (secondary N) is 1. The van der Waals surface area contributed by atoms with Gasteiger partial charge in [0, 0.05) is 24.8 Å². The predicted molar refractivity (Wildman–Crippen MR) is 85.9 cm³/mol. The molecule has 0 saturated carbocycles. The predicted octanol–water partition coefficient (Wildman–Crippen LogP) is 2.67. The first kappa shape index (κ1) is 16.3. The van der Waals surface area contributed by atoms with Crippen molar-refractivity contribution in [2.75, 3.05) is 19.0 Å². The Hall–Kier alpha value is -2.04. The number of hydrogen-bond acceptors (Lipinski definition) is 4. The van der Waals surface area contributed by atoms with E-state index in [0.29, 0.717) is 11.3 Å². The molecule has 1 aromatic rings. The molecule has 2 rings (SSSR count). The molecule has 2 atom stereocenters. The van der Waals surface area contributed by atoms with Crippen molar-refractivity contribution in [1.82, 2.24) is 4.90 Å². The zero-order chi connectivity index (χ0) is 16.1. The maximum Gasteiger partial charge on any atom is 0.340 e. The second-order valence-electron chi connectivity index (χ2n) is 5.80. The molecule has 1 amide bonds. The smallest absolute Gasteiger partial charge is 0.340 e. The fraction of sp³-hybridized carbons (Fsp3) is 0.529. The van der Waals surface area contributed by atoms with Crippen molar-refractivity contribution in [2.24, 2.45) is 0 Å². The lowest BCUT2D eigenvalue weighted by molar-refractivity contribution is -0.140. The SMILES string of the molecule is CNc1ccccc1C(=O)OCC(=O)N1[C@@H](C)CCC[C@@H]1C. The molecule has 5 nitrogen and oxygen atoms in total. The molecular weight excluding hydrogens is 280 g/mol. The van der Waals surface area contributed by atoms with Gasteiger partial charge >= 0.3 is 5.97 Å². The van der Waals surface area contributed by atoms with Gasteiger partial charge in [-0.25, -0.2) is 4.79 Å². The number of anilines is 1. The molecule has 0 radical (unpaired) electrons. The average Bonchev–Trinajstić information content (AvgIpc) is 2.52. The quantitative estimate of drug-likeness (QED) is 0.869. The molecule has 0 bridgehead atoms. The highest BCUT2D eigenvalue weighted by molar-refractivity contribution is 5.96. The standard InChI is InChI=1S/C17H24N2O3/c1-12-7-6-8-13(2)19(12)16(20)11-22-17(21)14-9-4-5-10-15(14)18-3/h4-5,9-10,12-13,18H,6-8,11H2,1-3H3/t12-,13-/m0/s1. The van der Waals surface area contributed by atoms with Crippen LogP contribution in [0.1, 0.15) is 43.5 Å². The van der Waals surface area contributed by atoms with Crippen LogP contribution in [0.15, 0.2) is 24.3 Å². The summed E-state index contributed by atoms with van der Waals surface area (Å²) in [6, 6.07) is 7.51. The van der Waals surface area contributed by atoms with Crippen LogP contribution in [0.4, 0.5) is 5.69 Å². The van der Waals surface area contributed by atoms with E-state index < -0.39 is 5.97 Å². The molecule has 5 heteroatoms. The molecule has 1 aromatic carbocycles. The summed E-state index contributed by atoms with van der Waals surface area (Å²) in [6.07, 6.45) is 3.15. The molecule has 1 heterocycles. The molecule has 1 aliphatic rings. The Kier molecular flexibility index (Phi) is 5.41. The Labute approximate surface area is 131 Å². The Morgan fingerprint density at radius 1 is 1.23 bits per heavy atom. The van der Waals surface area contributed by atoms with Gasteiger partial charge in [0.15, 0.2) is 6.61 Å². The Morgan fingerprint density at radius 3 is 2.50 bits per heavy atom. The third-order valence-corrected chi connectivity index (χ3v) is 4.22. The second-order valence-corrected chi connectivity index (χ2v) is 5.80. The summed E-state index contributed by atoms with van der Waals surface area (Å²) >= 11 is 0. The van der Waals surface area contributed by atoms with Crippen LogP contribution in [0.2, 0.25) is 0 Å². The third-order valence-electron chi connectivity index (χ3n) is 4.22. The van der Waals surface area contributed by atoms with E-state index in [1.54, 1.807) is 25.2 Å². The summed E-state index contributed by atoms with van der Waals surface area (Å²) in [7, 11) is 1.74. The highest BCUT2D eigenvalue weighted by Gasteiger charge is 2.29. The molecule has 0 aliphatic carbocycles. The van der Waals surface area contributed by atoms with Crippen molar-refractivity contribution in [2.45, 2.75) is 45.2 Å². The Balaban J connectivity index is 1.97. The minimum Gasteiger partial charge on any atom is -0.452 e. The summed E-state index contributed by atoms with van der Waals surface area (Å²) < 4.78 is 5.21. The Bertz CT molecular complexity index is 534. The van der Waals surface area contributed by atoms with E-state index in [1.165, 1.54) is 0 Å². The van der Waals surface area contributed by atoms with Gasteiger partial charge < -0.3 is 15.0 Å². The van der Waals surface area contributed by atoms with Crippen molar-refractivity contribution in [3.8, 4) is 0 Å². The number of para-hydroxylation sites is 1. The van der Waals surface area contributed by atoms with Gasteiger partial charge in [0.1, 0.15) is 0 Å². The molecule has 120 valence electrons. The van der Waals surface area contributed by atoms with Crippen LogP contribution in [0.25, 0.3) is 0 Å². The van der Waals surface area contributed by atoms with Gasteiger partial charge in [0.05, 0.1) is 5.56 Å². The molecule has 1 N–H and O–H groups in total. The molecule has 0 spiro atoms. The minimum absolute atomic E-state index is 0.116. The van der Waals surface area contributed by atoms with E-state index in [0.717, 1.165) is 19.3 Å². The van der Waals surface area contributed by atoms with Crippen LogP contribution >= 0.6 is 0 Å². The van der Waals surface area contributed by atoms with Crippen LogP contribution < -0.4 is 5.32 Å². The minimum atomic E-state index is -0.476. The van der Waals surface area contributed by atoms with Crippen LogP contribution in [-0.2, 0) is 9.53 Å². The van der Waals surface area contributed by atoms with Gasteiger partial charge in [0.25, 0.3) is 5.91 Å². The first-order valence-corrected chi connectivity index (χ1v) is 7.79. The van der Waals surface area contributed by atoms with Crippen LogP contribution in [0.3, 0.4) is 0 Å². The maximum atomic E-state index is 12.3. The third kappa shape index (κ3) is 3.59. The van der Waals surface area contributed by atoms with E-state index in [-0.39, 0.29) is 24.6 Å². The number of nitrogens with zero attached hydrogens (tertiary/aromatic N) is 1. The zero-order valence-electron chi connectivity index (χ0n) is 13.5. The van der Waals surface area contributed by atoms with Crippen molar-refractivity contribution in [3.05, 3.63) is 29.8 Å². The lowest BCUT2D eigenvalue weighted by Crippen LogP contribution is -2.49. The molecule has 1 fully saturated rings. The summed E-state index contributed by atoms with van der Waals surface area (Å²) in [6.45, 7) is 3.89. The number of carbonyl (C=O) groups is 2. The number of benzene rings is 1. The topological polar surface area (TPSA) is 58.6 Å². The monoisotopic (exact) mass is 304 g/mol. The van der Waals surface area contributed by atoms with Gasteiger partial charge in [-0.2, -0.15) is 0 Å². The molecule has 22 heavy (non-hydrogen) atoms. The molecule has 1 aliphatic heterocycles. The molecule has 0 aromatic heterocycles. The van der Waals surface area contributed by atoms with Crippen molar-refractivity contribution in [3.63, 3.8) is 0 Å². The second kappa shape index (κ2) is 7.29. The molecular formula is C17H24N2O3. The Morgan fingerprint density at radius 2 is 1.86 bits per heavy atom. The maximum absolute atomic E-state index is 12.3. The number of amides is 1. The average molecular weight is 304 g/mol. The lowest BCUT2D eigenvalue weighted by Gasteiger charge is -2.38. The van der Waals surface area contributed by atoms with Gasteiger partial charge in [-0.05, 0) is 45.2 Å². The van der Waals surface area contributed by atoms with Gasteiger partial charge in [-0.1, -0.05) is 12.1 Å². The van der Waals surface area contributed by atoms with Crippen molar-refractivity contribution < 1.29 is 14.3 Å². The number of carbonyl (C=O) groups excluding carboxylic acids is 2. The summed E-state index contributed by atoms with van der Waals surface area (Å²) in [5, 5.41) is 2.95. The van der Waals surface area contributed by atoms with Crippen LogP contribution in [0.5, 0.6) is 0 Å². The summed E-state index contributed by atoms with van der Waals surface area (Å²) in [4.78, 5) is 26.3. The first-order valence-electron chi connectivity index (χ1n) is 7.79. The van der Waals surface area contributed by atoms with Gasteiger partial charge in [-0.3, -0.25) is 4.79 Å². The summed E-state index contributed by atoms with van der Waals surface area (Å²) in [5.41, 5.74) is 1.14. The number of esters is 1. The first-order chi connectivity index (χ1) is 10.5. The van der Waals surface area contributed by atoms with Crippen molar-refractivity contribution >= 4 is 17.6 Å². The number of likely N-dealkylation sites (tertiary alicyclic amines) is 1. The van der Waals surface area contributed by atoms with E-state index in [1.807, 2.05) is 24.8 Å². The van der Waals surface area contributed by atoms with Crippen LogP contribution in [-0.4, -0.2) is 42.5 Å². The highest BCUT2D eigenvalue weighted by atomic mass is 16.5. The highest BCUT2D eigenvalue weighted by Crippen LogP contribution is 2.22. The fourth-order valence-electron chi connectivity index (χ4n) is 3.07. The molecule has 0 unspecified atom stereocenters. The van der Waals surface area contributed by atoms with Gasteiger partial charge in [-0.15, -0.1) is 0 Å². The lowest BCUT2D eigenvalue weighted by atomic mass is 9.97. The number of rotatable bonds is 4. The van der Waals surface area contributed by atoms with E-state index in [4.69, 9.17) is 4.74 Å².